The van der Waals surface area contributed by atoms with E-state index in [-0.39, 0.29) is 0 Å². The average Bonchev–Trinajstić information content (AvgIpc) is 2.76. The summed E-state index contributed by atoms with van der Waals surface area (Å²) < 4.78 is 4.20. The van der Waals surface area contributed by atoms with Gasteiger partial charge in [0.25, 0.3) is 0 Å². The summed E-state index contributed by atoms with van der Waals surface area (Å²) in [4.78, 5) is 0. The number of aryl methyl sites for hydroxylation is 2. The Kier molecular flexibility index (Phi) is 2.92. The second-order valence-corrected chi connectivity index (χ2v) is 4.84. The van der Waals surface area contributed by atoms with Crippen LogP contribution in [0.1, 0.15) is 11.1 Å². The number of aromatic nitrogens is 2. The number of nitrogens with zero attached hydrogens (tertiary/aromatic N) is 2. The van der Waals surface area contributed by atoms with Gasteiger partial charge in [0.1, 0.15) is 7.05 Å². The van der Waals surface area contributed by atoms with Crippen LogP contribution in [-0.2, 0) is 14.1 Å². The number of para-hydroxylation sites is 1. The zero-order chi connectivity index (χ0) is 13.2. The van der Waals surface area contributed by atoms with E-state index in [9.17, 15) is 0 Å². The van der Waals surface area contributed by atoms with Crippen LogP contribution in [-0.4, -0.2) is 4.57 Å². The van der Waals surface area contributed by atoms with Gasteiger partial charge in [0.2, 0.25) is 0 Å². The molecule has 0 N–H and O–H groups in total. The van der Waals surface area contributed by atoms with E-state index in [0.29, 0.717) is 0 Å². The van der Waals surface area contributed by atoms with Gasteiger partial charge in [-0.3, -0.25) is 0 Å². The summed E-state index contributed by atoms with van der Waals surface area (Å²) in [5, 5.41) is 1.29. The average molecular weight is 249 g/mol. The van der Waals surface area contributed by atoms with E-state index in [0.717, 1.165) is 0 Å². The third kappa shape index (κ3) is 2.29. The molecule has 19 heavy (non-hydrogen) atoms. The van der Waals surface area contributed by atoms with Crippen molar-refractivity contribution in [2.45, 2.75) is 0 Å². The number of fused-ring (bicyclic) bond motifs is 1. The maximum Gasteiger partial charge on any atom is 0.169 e. The molecule has 0 saturated heterocycles. The minimum absolute atomic E-state index is 1.21. The van der Waals surface area contributed by atoms with E-state index in [1.807, 2.05) is 11.6 Å². The summed E-state index contributed by atoms with van der Waals surface area (Å²) in [5.41, 5.74) is 3.74. The molecule has 1 aromatic carbocycles. The smallest absolute Gasteiger partial charge is 0.169 e. The normalized spacial score (nSPS) is 11.5. The molecule has 0 aliphatic rings. The zero-order valence-electron chi connectivity index (χ0n) is 11.2. The lowest BCUT2D eigenvalue weighted by Crippen LogP contribution is -2.25. The highest BCUT2D eigenvalue weighted by Crippen LogP contribution is 2.22. The molecule has 2 heterocycles. The molecule has 3 rings (SSSR count). The van der Waals surface area contributed by atoms with Crippen molar-refractivity contribution >= 4 is 23.1 Å². The van der Waals surface area contributed by atoms with E-state index < -0.39 is 0 Å². The van der Waals surface area contributed by atoms with Crippen molar-refractivity contribution in [1.82, 2.24) is 4.57 Å². The predicted molar refractivity (Wildman–Crippen MR) is 79.5 cm³/mol. The van der Waals surface area contributed by atoms with Gasteiger partial charge in [-0.2, -0.15) is 0 Å². The molecular formula is C17H17N2+. The molecule has 0 fully saturated rings. The predicted octanol–water partition coefficient (Wildman–Crippen LogP) is 3.17. The molecule has 2 heteroatoms. The first-order chi connectivity index (χ1) is 9.24. The van der Waals surface area contributed by atoms with Crippen molar-refractivity contribution in [2.24, 2.45) is 14.1 Å². The van der Waals surface area contributed by atoms with Crippen LogP contribution >= 0.6 is 0 Å². The number of hydrogen-bond acceptors (Lipinski definition) is 0. The van der Waals surface area contributed by atoms with Crippen molar-refractivity contribution in [3.63, 3.8) is 0 Å². The SMILES string of the molecule is Cn1cc(C=Cc2cc[n+](C)cc2)c2ccccc21. The van der Waals surface area contributed by atoms with E-state index in [2.05, 4.69) is 78.8 Å². The summed E-state index contributed by atoms with van der Waals surface area (Å²) in [6.45, 7) is 0. The van der Waals surface area contributed by atoms with Crippen LogP contribution in [0.2, 0.25) is 0 Å². The molecule has 0 bridgehead atoms. The molecule has 94 valence electrons. The molecule has 0 aliphatic carbocycles. The fourth-order valence-corrected chi connectivity index (χ4v) is 2.32. The van der Waals surface area contributed by atoms with Gasteiger partial charge in [0.15, 0.2) is 12.4 Å². The highest BCUT2D eigenvalue weighted by molar-refractivity contribution is 5.91. The molecule has 3 aromatic rings. The molecular weight excluding hydrogens is 232 g/mol. The first-order valence-corrected chi connectivity index (χ1v) is 6.41. The molecule has 0 radical (unpaired) electrons. The Bertz CT molecular complexity index is 734. The molecule has 0 atom stereocenters. The largest absolute Gasteiger partial charge is 0.350 e. The molecule has 0 saturated carbocycles. The first-order valence-electron chi connectivity index (χ1n) is 6.41. The van der Waals surface area contributed by atoms with Crippen molar-refractivity contribution in [3.05, 3.63) is 66.1 Å². The molecule has 2 nitrogen and oxygen atoms in total. The highest BCUT2D eigenvalue weighted by atomic mass is 14.9. The van der Waals surface area contributed by atoms with Crippen molar-refractivity contribution in [1.29, 1.82) is 0 Å². The molecule has 0 spiro atoms. The number of benzene rings is 1. The number of pyridine rings is 1. The Balaban J connectivity index is 1.99. The third-order valence-corrected chi connectivity index (χ3v) is 3.39. The van der Waals surface area contributed by atoms with Gasteiger partial charge in [-0.25, -0.2) is 4.57 Å². The highest BCUT2D eigenvalue weighted by Gasteiger charge is 2.02. The van der Waals surface area contributed by atoms with Crippen molar-refractivity contribution < 1.29 is 4.57 Å². The lowest BCUT2D eigenvalue weighted by atomic mass is 10.1. The summed E-state index contributed by atoms with van der Waals surface area (Å²) in [7, 11) is 4.11. The van der Waals surface area contributed by atoms with Gasteiger partial charge in [-0.15, -0.1) is 0 Å². The van der Waals surface area contributed by atoms with E-state index in [4.69, 9.17) is 0 Å². The van der Waals surface area contributed by atoms with Crippen LogP contribution in [0.5, 0.6) is 0 Å². The maximum absolute atomic E-state index is 2.18. The number of rotatable bonds is 2. The lowest BCUT2D eigenvalue weighted by Gasteiger charge is -1.93. The van der Waals surface area contributed by atoms with Crippen LogP contribution in [0.3, 0.4) is 0 Å². The quantitative estimate of drug-likeness (QED) is 0.617. The Labute approximate surface area is 113 Å². The molecule has 0 unspecified atom stereocenters. The maximum atomic E-state index is 2.18. The van der Waals surface area contributed by atoms with Gasteiger partial charge in [-0.05, 0) is 17.2 Å². The van der Waals surface area contributed by atoms with E-state index >= 15 is 0 Å². The minimum Gasteiger partial charge on any atom is -0.350 e. The zero-order valence-corrected chi connectivity index (χ0v) is 11.2. The summed E-state index contributed by atoms with van der Waals surface area (Å²) in [6.07, 6.45) is 10.6. The van der Waals surface area contributed by atoms with E-state index in [1.165, 1.54) is 22.0 Å². The van der Waals surface area contributed by atoms with Crippen LogP contribution in [0.15, 0.2) is 55.0 Å². The van der Waals surface area contributed by atoms with Crippen molar-refractivity contribution in [2.75, 3.05) is 0 Å². The molecule has 0 amide bonds. The molecule has 2 aromatic heterocycles. The fraction of sp³-hybridized carbons (Fsp3) is 0.118. The van der Waals surface area contributed by atoms with Crippen LogP contribution in [0.25, 0.3) is 23.1 Å². The summed E-state index contributed by atoms with van der Waals surface area (Å²) >= 11 is 0. The Morgan fingerprint density at radius 3 is 2.53 bits per heavy atom. The fourth-order valence-electron chi connectivity index (χ4n) is 2.32. The number of hydrogen-bond donors (Lipinski definition) is 0. The van der Waals surface area contributed by atoms with Gasteiger partial charge >= 0.3 is 0 Å². The first kappa shape index (κ1) is 11.7. The monoisotopic (exact) mass is 249 g/mol. The van der Waals surface area contributed by atoms with Gasteiger partial charge in [0, 0.05) is 36.3 Å². The second-order valence-electron chi connectivity index (χ2n) is 4.84. The van der Waals surface area contributed by atoms with Gasteiger partial charge < -0.3 is 4.57 Å². The van der Waals surface area contributed by atoms with Crippen LogP contribution in [0.4, 0.5) is 0 Å². The summed E-state index contributed by atoms with van der Waals surface area (Å²) in [5.74, 6) is 0. The van der Waals surface area contributed by atoms with Crippen molar-refractivity contribution in [3.8, 4) is 0 Å². The lowest BCUT2D eigenvalue weighted by molar-refractivity contribution is -0.671. The van der Waals surface area contributed by atoms with Gasteiger partial charge in [0.05, 0.1) is 0 Å². The summed E-state index contributed by atoms with van der Waals surface area (Å²) in [6, 6.07) is 12.7. The van der Waals surface area contributed by atoms with Gasteiger partial charge in [-0.1, -0.05) is 30.4 Å². The standard InChI is InChI=1S/C17H17N2/c1-18-11-9-14(10-12-18)7-8-15-13-19(2)17-6-4-3-5-16(15)17/h3-13H,1-2H3/q+1. The molecule has 0 aliphatic heterocycles. The third-order valence-electron chi connectivity index (χ3n) is 3.39. The van der Waals surface area contributed by atoms with E-state index in [1.54, 1.807) is 0 Å². The second kappa shape index (κ2) is 4.73. The van der Waals surface area contributed by atoms with Crippen LogP contribution in [0, 0.1) is 0 Å². The Morgan fingerprint density at radius 2 is 1.74 bits per heavy atom. The Morgan fingerprint density at radius 1 is 1.00 bits per heavy atom. The van der Waals surface area contributed by atoms with Crippen LogP contribution < -0.4 is 4.57 Å². The minimum atomic E-state index is 1.21. The Hall–Kier alpha value is -2.35. The topological polar surface area (TPSA) is 8.81 Å².